The van der Waals surface area contributed by atoms with Crippen molar-refractivity contribution in [1.82, 2.24) is 10.6 Å². The van der Waals surface area contributed by atoms with Crippen LogP contribution < -0.4 is 10.6 Å². The van der Waals surface area contributed by atoms with Gasteiger partial charge in [0.15, 0.2) is 5.96 Å². The molecule has 2 atom stereocenters. The van der Waals surface area contributed by atoms with E-state index in [1.165, 1.54) is 6.07 Å². The molecule has 0 aliphatic carbocycles. The van der Waals surface area contributed by atoms with Gasteiger partial charge in [0.25, 0.3) is 0 Å². The predicted molar refractivity (Wildman–Crippen MR) is 109 cm³/mol. The number of halogens is 2. The number of aliphatic hydroxyl groups excluding tert-OH is 1. The topological polar surface area (TPSA) is 56.7 Å². The average molecular weight is 451 g/mol. The number of hydrogen-bond acceptors (Lipinski definition) is 2. The van der Waals surface area contributed by atoms with E-state index in [4.69, 9.17) is 0 Å². The van der Waals surface area contributed by atoms with Crippen LogP contribution in [0.1, 0.15) is 52.2 Å². The minimum absolute atomic E-state index is 0. The van der Waals surface area contributed by atoms with Gasteiger partial charge in [-0.3, -0.25) is 4.99 Å². The molecule has 0 fully saturated rings. The van der Waals surface area contributed by atoms with Crippen molar-refractivity contribution in [2.45, 2.75) is 52.7 Å². The largest absolute Gasteiger partial charge is 0.386 e. The molecule has 1 aromatic rings. The van der Waals surface area contributed by atoms with Crippen LogP contribution in [-0.2, 0) is 0 Å². The molecule has 0 saturated heterocycles. The van der Waals surface area contributed by atoms with Gasteiger partial charge in [0.2, 0.25) is 0 Å². The highest BCUT2D eigenvalue weighted by Gasteiger charge is 2.12. The second-order valence-electron chi connectivity index (χ2n) is 6.27. The minimum Gasteiger partial charge on any atom is -0.386 e. The van der Waals surface area contributed by atoms with Crippen LogP contribution in [0, 0.1) is 11.7 Å². The Balaban J connectivity index is 0.00000529. The standard InChI is InChI=1S/C18H30FN3O.HI/c1-5-20-18(22-14(4)11-10-13(2)3)21-12-17(23)15-8-6-7-9-16(15)19;/h6-9,13-14,17,23H,5,10-12H2,1-4H3,(H2,20,21,22);1H. The number of benzene rings is 1. The monoisotopic (exact) mass is 451 g/mol. The van der Waals surface area contributed by atoms with Crippen molar-refractivity contribution in [3.8, 4) is 0 Å². The van der Waals surface area contributed by atoms with E-state index in [-0.39, 0.29) is 36.1 Å². The molecule has 0 aliphatic rings. The maximum absolute atomic E-state index is 13.7. The van der Waals surface area contributed by atoms with Crippen molar-refractivity contribution in [1.29, 1.82) is 0 Å². The molecule has 24 heavy (non-hydrogen) atoms. The van der Waals surface area contributed by atoms with Crippen LogP contribution in [0.3, 0.4) is 0 Å². The van der Waals surface area contributed by atoms with Crippen LogP contribution in [-0.4, -0.2) is 30.2 Å². The molecular weight excluding hydrogens is 420 g/mol. The van der Waals surface area contributed by atoms with Gasteiger partial charge in [-0.05, 0) is 38.7 Å². The van der Waals surface area contributed by atoms with Crippen molar-refractivity contribution in [2.75, 3.05) is 13.1 Å². The number of aliphatic hydroxyl groups is 1. The van der Waals surface area contributed by atoms with Crippen LogP contribution in [0.25, 0.3) is 0 Å². The van der Waals surface area contributed by atoms with Gasteiger partial charge >= 0.3 is 0 Å². The zero-order chi connectivity index (χ0) is 17.2. The molecule has 0 aromatic heterocycles. The van der Waals surface area contributed by atoms with Crippen LogP contribution in [0.5, 0.6) is 0 Å². The molecule has 0 bridgehead atoms. The Kier molecular flexibility index (Phi) is 12.0. The first kappa shape index (κ1) is 23.1. The van der Waals surface area contributed by atoms with E-state index < -0.39 is 11.9 Å². The Bertz CT molecular complexity index is 497. The van der Waals surface area contributed by atoms with Gasteiger partial charge in [0.1, 0.15) is 11.9 Å². The van der Waals surface area contributed by atoms with Crippen molar-refractivity contribution in [2.24, 2.45) is 10.9 Å². The Hall–Kier alpha value is -0.890. The van der Waals surface area contributed by atoms with Gasteiger partial charge in [0, 0.05) is 18.2 Å². The number of nitrogens with one attached hydrogen (secondary N) is 2. The summed E-state index contributed by atoms with van der Waals surface area (Å²) in [6, 6.07) is 6.54. The lowest BCUT2D eigenvalue weighted by molar-refractivity contribution is 0.182. The molecule has 0 spiro atoms. The SMILES string of the molecule is CCNC(=NCC(O)c1ccccc1F)NC(C)CCC(C)C.I. The summed E-state index contributed by atoms with van der Waals surface area (Å²) >= 11 is 0. The van der Waals surface area contributed by atoms with Gasteiger partial charge in [0.05, 0.1) is 6.54 Å². The first-order chi connectivity index (χ1) is 10.9. The summed E-state index contributed by atoms with van der Waals surface area (Å²) in [6.45, 7) is 9.37. The fourth-order valence-corrected chi connectivity index (χ4v) is 2.23. The molecule has 4 nitrogen and oxygen atoms in total. The molecule has 0 amide bonds. The minimum atomic E-state index is -0.947. The maximum Gasteiger partial charge on any atom is 0.191 e. The maximum atomic E-state index is 13.7. The van der Waals surface area contributed by atoms with Crippen molar-refractivity contribution in [3.05, 3.63) is 35.6 Å². The zero-order valence-electron chi connectivity index (χ0n) is 15.1. The molecule has 3 N–H and O–H groups in total. The number of rotatable bonds is 8. The molecule has 0 saturated carbocycles. The second kappa shape index (κ2) is 12.5. The molecule has 6 heteroatoms. The normalized spacial score (nSPS) is 14.0. The van der Waals surface area contributed by atoms with E-state index in [1.807, 2.05) is 6.92 Å². The summed E-state index contributed by atoms with van der Waals surface area (Å²) in [6.07, 6.45) is 1.25. The summed E-state index contributed by atoms with van der Waals surface area (Å²) in [7, 11) is 0. The van der Waals surface area contributed by atoms with E-state index >= 15 is 0 Å². The van der Waals surface area contributed by atoms with Gasteiger partial charge in [-0.1, -0.05) is 32.0 Å². The van der Waals surface area contributed by atoms with Crippen LogP contribution in [0.15, 0.2) is 29.3 Å². The van der Waals surface area contributed by atoms with Crippen LogP contribution in [0.2, 0.25) is 0 Å². The zero-order valence-corrected chi connectivity index (χ0v) is 17.4. The van der Waals surface area contributed by atoms with Crippen molar-refractivity contribution >= 4 is 29.9 Å². The Morgan fingerprint density at radius 2 is 1.88 bits per heavy atom. The number of nitrogens with zero attached hydrogens (tertiary/aromatic N) is 1. The smallest absolute Gasteiger partial charge is 0.191 e. The van der Waals surface area contributed by atoms with Crippen LogP contribution in [0.4, 0.5) is 4.39 Å². The van der Waals surface area contributed by atoms with Gasteiger partial charge < -0.3 is 15.7 Å². The number of aliphatic imine (C=N–C) groups is 1. The predicted octanol–water partition coefficient (Wildman–Crippen LogP) is 3.86. The van der Waals surface area contributed by atoms with Crippen molar-refractivity contribution in [3.63, 3.8) is 0 Å². The number of guanidine groups is 1. The summed E-state index contributed by atoms with van der Waals surface area (Å²) in [5, 5.41) is 16.6. The van der Waals surface area contributed by atoms with E-state index in [0.29, 0.717) is 17.9 Å². The fourth-order valence-electron chi connectivity index (χ4n) is 2.23. The molecule has 138 valence electrons. The van der Waals surface area contributed by atoms with Gasteiger partial charge in [-0.25, -0.2) is 4.39 Å². The Morgan fingerprint density at radius 3 is 2.46 bits per heavy atom. The molecule has 1 rings (SSSR count). The molecule has 0 heterocycles. The third-order valence-corrected chi connectivity index (χ3v) is 3.59. The third-order valence-electron chi connectivity index (χ3n) is 3.59. The molecule has 0 radical (unpaired) electrons. The highest BCUT2D eigenvalue weighted by atomic mass is 127. The summed E-state index contributed by atoms with van der Waals surface area (Å²) in [4.78, 5) is 4.38. The van der Waals surface area contributed by atoms with E-state index in [1.54, 1.807) is 18.2 Å². The van der Waals surface area contributed by atoms with E-state index in [9.17, 15) is 9.50 Å². The van der Waals surface area contributed by atoms with Gasteiger partial charge in [-0.2, -0.15) is 0 Å². The first-order valence-corrected chi connectivity index (χ1v) is 8.41. The quantitative estimate of drug-likeness (QED) is 0.320. The molecule has 1 aromatic carbocycles. The highest BCUT2D eigenvalue weighted by molar-refractivity contribution is 14.0. The highest BCUT2D eigenvalue weighted by Crippen LogP contribution is 2.16. The lowest BCUT2D eigenvalue weighted by Gasteiger charge is -2.19. The first-order valence-electron chi connectivity index (χ1n) is 8.41. The third kappa shape index (κ3) is 8.82. The Morgan fingerprint density at radius 1 is 1.21 bits per heavy atom. The molecule has 2 unspecified atom stereocenters. The number of hydrogen-bond donors (Lipinski definition) is 3. The summed E-state index contributed by atoms with van der Waals surface area (Å²) < 4.78 is 13.7. The lowest BCUT2D eigenvalue weighted by Crippen LogP contribution is -2.42. The van der Waals surface area contributed by atoms with Crippen LogP contribution >= 0.6 is 24.0 Å². The Labute approximate surface area is 162 Å². The van der Waals surface area contributed by atoms with E-state index in [2.05, 4.69) is 36.4 Å². The summed E-state index contributed by atoms with van der Waals surface area (Å²) in [5.74, 6) is 0.916. The van der Waals surface area contributed by atoms with Gasteiger partial charge in [-0.15, -0.1) is 24.0 Å². The second-order valence-corrected chi connectivity index (χ2v) is 6.27. The molecule has 0 aliphatic heterocycles. The average Bonchev–Trinajstić information content (AvgIpc) is 2.51. The fraction of sp³-hybridized carbons (Fsp3) is 0.611. The lowest BCUT2D eigenvalue weighted by atomic mass is 10.0. The summed E-state index contributed by atoms with van der Waals surface area (Å²) in [5.41, 5.74) is 0.278. The molecular formula is C18H31FIN3O. The van der Waals surface area contributed by atoms with E-state index in [0.717, 1.165) is 19.4 Å². The van der Waals surface area contributed by atoms with Crippen molar-refractivity contribution < 1.29 is 9.50 Å².